The summed E-state index contributed by atoms with van der Waals surface area (Å²) in [5.41, 5.74) is 13.6. The van der Waals surface area contributed by atoms with Gasteiger partial charge in [0, 0.05) is 18.4 Å². The van der Waals surface area contributed by atoms with E-state index in [4.69, 9.17) is 5.73 Å². The summed E-state index contributed by atoms with van der Waals surface area (Å²) in [5, 5.41) is 0. The number of nitrogens with zero attached hydrogens (tertiary/aromatic N) is 1. The molecule has 2 aromatic carbocycles. The summed E-state index contributed by atoms with van der Waals surface area (Å²) in [5.74, 6) is 0. The van der Waals surface area contributed by atoms with Crippen molar-refractivity contribution in [2.75, 3.05) is 17.7 Å². The summed E-state index contributed by atoms with van der Waals surface area (Å²) in [6.45, 7) is 4.34. The second-order valence-electron chi connectivity index (χ2n) is 5.91. The molecule has 1 atom stereocenters. The fourth-order valence-corrected chi connectivity index (χ4v) is 3.39. The SMILES string of the molecule is Cc1ccc(N(C)C2CCc3cc(N)ccc32)c(C)c1. The van der Waals surface area contributed by atoms with E-state index in [1.54, 1.807) is 0 Å². The smallest absolute Gasteiger partial charge is 0.0545 e. The lowest BCUT2D eigenvalue weighted by atomic mass is 10.0. The molecule has 0 aliphatic heterocycles. The number of hydrogen-bond donors (Lipinski definition) is 1. The first-order valence-electron chi connectivity index (χ1n) is 7.24. The fraction of sp³-hybridized carbons (Fsp3) is 0.333. The van der Waals surface area contributed by atoms with Crippen molar-refractivity contribution in [3.8, 4) is 0 Å². The number of fused-ring (bicyclic) bond motifs is 1. The van der Waals surface area contributed by atoms with Gasteiger partial charge in [-0.1, -0.05) is 23.8 Å². The van der Waals surface area contributed by atoms with Crippen molar-refractivity contribution in [3.05, 3.63) is 58.7 Å². The first-order valence-corrected chi connectivity index (χ1v) is 7.24. The summed E-state index contributed by atoms with van der Waals surface area (Å²) < 4.78 is 0. The minimum absolute atomic E-state index is 0.465. The van der Waals surface area contributed by atoms with Crippen molar-refractivity contribution in [3.63, 3.8) is 0 Å². The quantitative estimate of drug-likeness (QED) is 0.832. The first-order chi connectivity index (χ1) is 9.56. The molecule has 0 amide bonds. The van der Waals surface area contributed by atoms with Gasteiger partial charge in [-0.3, -0.25) is 0 Å². The van der Waals surface area contributed by atoms with E-state index < -0.39 is 0 Å². The molecule has 104 valence electrons. The molecule has 0 heterocycles. The minimum atomic E-state index is 0.465. The van der Waals surface area contributed by atoms with Crippen LogP contribution in [0.3, 0.4) is 0 Å². The largest absolute Gasteiger partial charge is 0.399 e. The Morgan fingerprint density at radius 2 is 1.90 bits per heavy atom. The Bertz CT molecular complexity index is 646. The maximum Gasteiger partial charge on any atom is 0.0545 e. The van der Waals surface area contributed by atoms with Crippen molar-refractivity contribution in [1.29, 1.82) is 0 Å². The van der Waals surface area contributed by atoms with Gasteiger partial charge in [0.1, 0.15) is 0 Å². The van der Waals surface area contributed by atoms with Crippen LogP contribution in [0.15, 0.2) is 36.4 Å². The van der Waals surface area contributed by atoms with Crippen LogP contribution in [0.2, 0.25) is 0 Å². The molecule has 2 nitrogen and oxygen atoms in total. The van der Waals surface area contributed by atoms with Crippen LogP contribution in [0.4, 0.5) is 11.4 Å². The van der Waals surface area contributed by atoms with Gasteiger partial charge in [-0.25, -0.2) is 0 Å². The van der Waals surface area contributed by atoms with Gasteiger partial charge in [-0.05, 0) is 61.6 Å². The molecule has 2 heteroatoms. The maximum absolute atomic E-state index is 5.89. The predicted octanol–water partition coefficient (Wildman–Crippen LogP) is 4.01. The van der Waals surface area contributed by atoms with Crippen molar-refractivity contribution < 1.29 is 0 Å². The summed E-state index contributed by atoms with van der Waals surface area (Å²) in [6, 6.07) is 13.5. The molecule has 2 N–H and O–H groups in total. The Morgan fingerprint density at radius 3 is 2.65 bits per heavy atom. The highest BCUT2D eigenvalue weighted by molar-refractivity contribution is 5.58. The Balaban J connectivity index is 1.95. The second-order valence-corrected chi connectivity index (χ2v) is 5.91. The average Bonchev–Trinajstić information content (AvgIpc) is 2.80. The van der Waals surface area contributed by atoms with Gasteiger partial charge in [0.15, 0.2) is 0 Å². The van der Waals surface area contributed by atoms with E-state index in [0.29, 0.717) is 6.04 Å². The highest BCUT2D eigenvalue weighted by Crippen LogP contribution is 2.39. The van der Waals surface area contributed by atoms with E-state index in [1.165, 1.54) is 34.4 Å². The van der Waals surface area contributed by atoms with Gasteiger partial charge in [0.25, 0.3) is 0 Å². The summed E-state index contributed by atoms with van der Waals surface area (Å²) in [7, 11) is 2.20. The molecule has 0 saturated heterocycles. The molecule has 0 fully saturated rings. The third-order valence-electron chi connectivity index (χ3n) is 4.41. The van der Waals surface area contributed by atoms with Crippen molar-refractivity contribution in [1.82, 2.24) is 0 Å². The molecule has 0 bridgehead atoms. The molecular weight excluding hydrogens is 244 g/mol. The normalized spacial score (nSPS) is 17.1. The van der Waals surface area contributed by atoms with Crippen LogP contribution in [0.1, 0.15) is 34.7 Å². The van der Waals surface area contributed by atoms with Gasteiger partial charge in [0.2, 0.25) is 0 Å². The molecule has 0 saturated carbocycles. The van der Waals surface area contributed by atoms with Crippen LogP contribution in [-0.2, 0) is 6.42 Å². The van der Waals surface area contributed by atoms with E-state index in [0.717, 1.165) is 12.1 Å². The van der Waals surface area contributed by atoms with E-state index in [-0.39, 0.29) is 0 Å². The Hall–Kier alpha value is -1.96. The summed E-state index contributed by atoms with van der Waals surface area (Å²) >= 11 is 0. The average molecular weight is 266 g/mol. The Morgan fingerprint density at radius 1 is 1.10 bits per heavy atom. The lowest BCUT2D eigenvalue weighted by Crippen LogP contribution is -2.23. The van der Waals surface area contributed by atoms with E-state index in [2.05, 4.69) is 56.1 Å². The van der Waals surface area contributed by atoms with Crippen molar-refractivity contribution >= 4 is 11.4 Å². The van der Waals surface area contributed by atoms with Crippen LogP contribution in [0.5, 0.6) is 0 Å². The molecule has 20 heavy (non-hydrogen) atoms. The molecular formula is C18H22N2. The van der Waals surface area contributed by atoms with E-state index in [9.17, 15) is 0 Å². The molecule has 3 rings (SSSR count). The Labute approximate surface area is 121 Å². The number of nitrogens with two attached hydrogens (primary N) is 1. The predicted molar refractivity (Wildman–Crippen MR) is 86.2 cm³/mol. The monoisotopic (exact) mass is 266 g/mol. The third-order valence-corrected chi connectivity index (χ3v) is 4.41. The highest BCUT2D eigenvalue weighted by atomic mass is 15.1. The molecule has 0 spiro atoms. The van der Waals surface area contributed by atoms with Gasteiger partial charge in [-0.15, -0.1) is 0 Å². The second kappa shape index (κ2) is 4.86. The topological polar surface area (TPSA) is 29.3 Å². The summed E-state index contributed by atoms with van der Waals surface area (Å²) in [4.78, 5) is 2.41. The number of benzene rings is 2. The zero-order valence-electron chi connectivity index (χ0n) is 12.5. The van der Waals surface area contributed by atoms with Crippen molar-refractivity contribution in [2.24, 2.45) is 0 Å². The zero-order chi connectivity index (χ0) is 14.3. The number of aryl methyl sites for hydroxylation is 3. The lowest BCUT2D eigenvalue weighted by molar-refractivity contribution is 0.661. The van der Waals surface area contributed by atoms with Crippen molar-refractivity contribution in [2.45, 2.75) is 32.7 Å². The zero-order valence-corrected chi connectivity index (χ0v) is 12.5. The first kappa shape index (κ1) is 13.0. The summed E-state index contributed by atoms with van der Waals surface area (Å²) in [6.07, 6.45) is 2.29. The van der Waals surface area contributed by atoms with Gasteiger partial charge >= 0.3 is 0 Å². The van der Waals surface area contributed by atoms with Crippen LogP contribution >= 0.6 is 0 Å². The van der Waals surface area contributed by atoms with Gasteiger partial charge < -0.3 is 10.6 Å². The van der Waals surface area contributed by atoms with Gasteiger partial charge in [-0.2, -0.15) is 0 Å². The molecule has 0 aromatic heterocycles. The molecule has 1 aliphatic carbocycles. The number of nitrogen functional groups attached to an aromatic ring is 1. The molecule has 1 unspecified atom stereocenters. The van der Waals surface area contributed by atoms with Gasteiger partial charge in [0.05, 0.1) is 6.04 Å². The molecule has 0 radical (unpaired) electrons. The lowest BCUT2D eigenvalue weighted by Gasteiger charge is -2.29. The van der Waals surface area contributed by atoms with Crippen LogP contribution in [0, 0.1) is 13.8 Å². The Kier molecular flexibility index (Phi) is 3.17. The van der Waals surface area contributed by atoms with Crippen LogP contribution in [0.25, 0.3) is 0 Å². The standard InChI is InChI=1S/C18H22N2/c1-12-4-8-17(13(2)10-12)20(3)18-9-5-14-11-15(19)6-7-16(14)18/h4,6-8,10-11,18H,5,9,19H2,1-3H3. The minimum Gasteiger partial charge on any atom is -0.399 e. The van der Waals surface area contributed by atoms with Crippen LogP contribution < -0.4 is 10.6 Å². The highest BCUT2D eigenvalue weighted by Gasteiger charge is 2.26. The molecule has 2 aromatic rings. The fourth-order valence-electron chi connectivity index (χ4n) is 3.39. The third kappa shape index (κ3) is 2.15. The number of anilines is 2. The molecule has 1 aliphatic rings. The van der Waals surface area contributed by atoms with E-state index in [1.807, 2.05) is 6.07 Å². The number of hydrogen-bond acceptors (Lipinski definition) is 2. The van der Waals surface area contributed by atoms with Crippen LogP contribution in [-0.4, -0.2) is 7.05 Å². The number of rotatable bonds is 2. The maximum atomic E-state index is 5.89. The van der Waals surface area contributed by atoms with E-state index >= 15 is 0 Å².